The molecule has 1 aliphatic carbocycles. The summed E-state index contributed by atoms with van der Waals surface area (Å²) < 4.78 is 58.6. The van der Waals surface area contributed by atoms with Crippen LogP contribution in [0.4, 0.5) is 10.1 Å². The van der Waals surface area contributed by atoms with Crippen LogP contribution in [0.2, 0.25) is 10.0 Å². The molecule has 0 atom stereocenters. The van der Waals surface area contributed by atoms with Gasteiger partial charge in [0.1, 0.15) is 23.5 Å². The maximum absolute atomic E-state index is 15.7. The van der Waals surface area contributed by atoms with E-state index in [1.807, 2.05) is 36.4 Å². The molecule has 3 fully saturated rings. The third-order valence-electron chi connectivity index (χ3n) is 13.8. The highest BCUT2D eigenvalue weighted by Crippen LogP contribution is 2.43. The summed E-state index contributed by atoms with van der Waals surface area (Å²) in [5.41, 5.74) is 6.20. The number of allylic oxidation sites excluding steroid dienone is 1. The van der Waals surface area contributed by atoms with Gasteiger partial charge in [-0.15, -0.1) is 0 Å². The number of piperidine rings is 1. The van der Waals surface area contributed by atoms with Crippen molar-refractivity contribution in [1.29, 1.82) is 0 Å². The summed E-state index contributed by atoms with van der Waals surface area (Å²) in [5, 5.41) is 4.79. The molecule has 0 bridgehead atoms. The first kappa shape index (κ1) is 44.8. The van der Waals surface area contributed by atoms with E-state index in [-0.39, 0.29) is 33.3 Å². The molecule has 3 aliphatic heterocycles. The molecule has 4 aliphatic rings. The number of piperazine rings is 1. The lowest BCUT2D eigenvalue weighted by Gasteiger charge is -2.43. The minimum Gasteiger partial charge on any atom is -0.489 e. The Kier molecular flexibility index (Phi) is 12.1. The highest BCUT2D eigenvalue weighted by molar-refractivity contribution is 7.90. The van der Waals surface area contributed by atoms with Gasteiger partial charge in [-0.25, -0.2) is 27.5 Å². The number of carbonyl (C=O) groups is 1. The summed E-state index contributed by atoms with van der Waals surface area (Å²) in [7, 11) is -4.43. The van der Waals surface area contributed by atoms with Crippen LogP contribution in [0.3, 0.4) is 0 Å². The zero-order valence-corrected chi connectivity index (χ0v) is 39.4. The van der Waals surface area contributed by atoms with Gasteiger partial charge >= 0.3 is 0 Å². The number of nitrogens with one attached hydrogen (secondary N) is 2. The van der Waals surface area contributed by atoms with Crippen molar-refractivity contribution in [2.24, 2.45) is 5.41 Å². The van der Waals surface area contributed by atoms with Gasteiger partial charge in [-0.3, -0.25) is 24.4 Å². The molecular formula is C49H53Cl2FN8O5S. The molecule has 0 radical (unpaired) electrons. The van der Waals surface area contributed by atoms with E-state index in [0.29, 0.717) is 67.6 Å². The van der Waals surface area contributed by atoms with Gasteiger partial charge in [-0.1, -0.05) is 54.8 Å². The summed E-state index contributed by atoms with van der Waals surface area (Å²) in [5.74, 6) is -0.681. The number of hydrogen-bond donors (Lipinski definition) is 2. The van der Waals surface area contributed by atoms with Gasteiger partial charge in [-0.05, 0) is 109 Å². The van der Waals surface area contributed by atoms with Crippen LogP contribution in [0.5, 0.6) is 5.75 Å². The fourth-order valence-electron chi connectivity index (χ4n) is 9.68. The summed E-state index contributed by atoms with van der Waals surface area (Å²) in [4.78, 5) is 30.1. The Bertz CT molecular complexity index is 2940. The van der Waals surface area contributed by atoms with Gasteiger partial charge < -0.3 is 14.4 Å². The Morgan fingerprint density at radius 1 is 0.955 bits per heavy atom. The van der Waals surface area contributed by atoms with Crippen LogP contribution in [0.15, 0.2) is 95.7 Å². The Morgan fingerprint density at radius 2 is 1.73 bits per heavy atom. The topological polar surface area (TPSA) is 138 Å². The van der Waals surface area contributed by atoms with Crippen LogP contribution >= 0.6 is 23.2 Å². The van der Waals surface area contributed by atoms with Crippen LogP contribution in [0.1, 0.15) is 61.9 Å². The molecule has 10 rings (SSSR count). The van der Waals surface area contributed by atoms with Gasteiger partial charge in [0.15, 0.2) is 5.65 Å². The van der Waals surface area contributed by atoms with E-state index in [2.05, 4.69) is 55.5 Å². The molecular weight excluding hydrogens is 903 g/mol. The number of nitrogens with zero attached hydrogens (tertiary/aromatic N) is 6. The van der Waals surface area contributed by atoms with Crippen molar-refractivity contribution in [3.8, 4) is 11.4 Å². The number of fused-ring (bicyclic) bond motifs is 2. The molecule has 0 unspecified atom stereocenters. The molecule has 2 N–H and O–H groups in total. The number of hydrogen-bond acceptors (Lipinski definition) is 10. The maximum Gasteiger partial charge on any atom is 0.267 e. The second-order valence-corrected chi connectivity index (χ2v) is 21.5. The van der Waals surface area contributed by atoms with E-state index in [1.165, 1.54) is 34.9 Å². The van der Waals surface area contributed by atoms with E-state index >= 15 is 4.39 Å². The average molecular weight is 956 g/mol. The lowest BCUT2D eigenvalue weighted by atomic mass is 9.72. The predicted molar refractivity (Wildman–Crippen MR) is 256 cm³/mol. The van der Waals surface area contributed by atoms with Crippen LogP contribution in [0.25, 0.3) is 33.3 Å². The van der Waals surface area contributed by atoms with Gasteiger partial charge in [-0.2, -0.15) is 0 Å². The van der Waals surface area contributed by atoms with Crippen LogP contribution in [-0.4, -0.2) is 121 Å². The molecule has 0 spiro atoms. The lowest BCUT2D eigenvalue weighted by molar-refractivity contribution is -0.0890. The van der Waals surface area contributed by atoms with E-state index in [9.17, 15) is 13.2 Å². The van der Waals surface area contributed by atoms with E-state index in [1.54, 1.807) is 23.1 Å². The summed E-state index contributed by atoms with van der Waals surface area (Å²) in [6.07, 6.45) is 7.27. The number of halogens is 3. The number of alkyl halides is 1. The van der Waals surface area contributed by atoms with Crippen LogP contribution in [0, 0.1) is 5.41 Å². The first-order chi connectivity index (χ1) is 31.7. The number of pyridine rings is 1. The second kappa shape index (κ2) is 17.9. The number of sulfonamides is 1. The van der Waals surface area contributed by atoms with Crippen molar-refractivity contribution in [3.63, 3.8) is 0 Å². The number of likely N-dealkylation sites (tertiary alicyclic amines) is 1. The molecule has 1 amide bonds. The van der Waals surface area contributed by atoms with Crippen molar-refractivity contribution in [1.82, 2.24) is 34.3 Å². The van der Waals surface area contributed by atoms with Crippen LogP contribution in [-0.2, 0) is 14.8 Å². The van der Waals surface area contributed by atoms with E-state index < -0.39 is 21.6 Å². The zero-order chi connectivity index (χ0) is 45.8. The van der Waals surface area contributed by atoms with Crippen molar-refractivity contribution in [3.05, 3.63) is 112 Å². The highest BCUT2D eigenvalue weighted by Gasteiger charge is 2.39. The van der Waals surface area contributed by atoms with Crippen LogP contribution < -0.4 is 14.4 Å². The quantitative estimate of drug-likeness (QED) is 0.123. The zero-order valence-electron chi connectivity index (χ0n) is 37.0. The molecule has 0 saturated carbocycles. The van der Waals surface area contributed by atoms with Gasteiger partial charge in [0.05, 0.1) is 45.9 Å². The largest absolute Gasteiger partial charge is 0.489 e. The Labute approximate surface area is 393 Å². The fourth-order valence-corrected chi connectivity index (χ4v) is 11.1. The van der Waals surface area contributed by atoms with E-state index in [0.717, 1.165) is 68.1 Å². The predicted octanol–water partition coefficient (Wildman–Crippen LogP) is 8.69. The number of carbonyl (C=O) groups excluding carboxylic acids is 1. The summed E-state index contributed by atoms with van der Waals surface area (Å²) >= 11 is 12.8. The smallest absolute Gasteiger partial charge is 0.267 e. The molecule has 3 aromatic heterocycles. The number of aromatic amines is 1. The van der Waals surface area contributed by atoms with E-state index in [4.69, 9.17) is 37.7 Å². The average Bonchev–Trinajstić information content (AvgIpc) is 3.92. The van der Waals surface area contributed by atoms with Crippen molar-refractivity contribution in [2.45, 2.75) is 62.6 Å². The van der Waals surface area contributed by atoms with Crippen molar-refractivity contribution in [2.75, 3.05) is 70.5 Å². The molecule has 13 nitrogen and oxygen atoms in total. The second-order valence-electron chi connectivity index (χ2n) is 18.9. The number of benzene rings is 3. The number of aromatic nitrogens is 4. The molecule has 66 heavy (non-hydrogen) atoms. The van der Waals surface area contributed by atoms with Crippen molar-refractivity contribution < 1.29 is 27.1 Å². The first-order valence-corrected chi connectivity index (χ1v) is 24.8. The summed E-state index contributed by atoms with van der Waals surface area (Å²) in [6, 6.07) is 21.7. The normalized spacial score (nSPS) is 19.6. The molecule has 6 aromatic rings. The Hall–Kier alpha value is -5.03. The monoisotopic (exact) mass is 954 g/mol. The minimum absolute atomic E-state index is 0.0150. The molecule has 17 heteroatoms. The number of ether oxygens (including phenoxy) is 2. The lowest BCUT2D eigenvalue weighted by Crippen LogP contribution is -2.55. The number of rotatable bonds is 12. The van der Waals surface area contributed by atoms with Crippen molar-refractivity contribution >= 4 is 72.5 Å². The number of H-pyrrole nitrogens is 1. The standard InChI is InChI=1S/C49H53Cl2FN8O5S/c1-48(2)13-11-34(40(26-48)32-3-5-35(50)6-4-32)28-57-19-21-59(22-20-57)36-7-9-39(43(24-36)60-44-23-33-12-16-53-46(33)55-42(44)27-54-60)47(61)56-66(62,63)38-8-10-45(41(51)25-38)65-31-49(52)14-17-58(18-15-49)37-29-64-30-37/h3-10,12,16,23-25,27,37,54H,11,13-15,17-22,26,28-31H2,1-2H3,(H,56,61). The molecule has 3 aromatic carbocycles. The Morgan fingerprint density at radius 3 is 2.45 bits per heavy atom. The Balaban J connectivity index is 0.868. The van der Waals surface area contributed by atoms with Gasteiger partial charge in [0.25, 0.3) is 15.9 Å². The molecule has 3 saturated heterocycles. The van der Waals surface area contributed by atoms with Gasteiger partial charge in [0.2, 0.25) is 0 Å². The third-order valence-corrected chi connectivity index (χ3v) is 15.7. The fraction of sp³-hybridized carbons (Fsp3) is 0.408. The number of amides is 1. The minimum atomic E-state index is -4.43. The maximum atomic E-state index is 15.7. The highest BCUT2D eigenvalue weighted by atomic mass is 35.5. The molecule has 6 heterocycles. The molecule has 346 valence electrons. The number of anilines is 1. The third kappa shape index (κ3) is 9.30. The summed E-state index contributed by atoms with van der Waals surface area (Å²) in [6.45, 7) is 11.2. The SMILES string of the molecule is CC1(C)CCC(CN2CCN(c3ccc(C(=O)NS(=O)(=O)c4ccc(OCC5(F)CCN(C6COC6)CC5)c(Cl)c4)c(-n4[nH]cc5nc6nccc6cc54)c3)CC2)=C(c2ccc(Cl)cc2)C1. The van der Waals surface area contributed by atoms with Gasteiger partial charge in [0, 0.05) is 74.3 Å². The first-order valence-electron chi connectivity index (χ1n) is 22.6.